The molecule has 1 amide bonds. The third-order valence-corrected chi connectivity index (χ3v) is 4.54. The number of aryl methyl sites for hydroxylation is 2. The molecule has 0 aliphatic rings. The van der Waals surface area contributed by atoms with Crippen LogP contribution in [0.25, 0.3) is 10.9 Å². The summed E-state index contributed by atoms with van der Waals surface area (Å²) in [5, 5.41) is 5.86. The lowest BCUT2D eigenvalue weighted by Gasteiger charge is -2.03. The average Bonchev–Trinajstić information content (AvgIpc) is 3.09. The van der Waals surface area contributed by atoms with Crippen LogP contribution in [0.1, 0.15) is 34.2 Å². The highest BCUT2D eigenvalue weighted by molar-refractivity contribution is 7.13. The van der Waals surface area contributed by atoms with Gasteiger partial charge in [-0.2, -0.15) is 0 Å². The fraction of sp³-hybridized carbons (Fsp3) is 0.235. The molecule has 6 nitrogen and oxygen atoms in total. The second-order valence-corrected chi connectivity index (χ2v) is 6.39. The van der Waals surface area contributed by atoms with Crippen molar-refractivity contribution in [2.24, 2.45) is 0 Å². The second-order valence-electron chi connectivity index (χ2n) is 5.54. The standard InChI is InChI=1S/C17H17N3O3S/c1-9-10(2)18-15-5-4-12(6-14(9)15)16(22)23-7-13-8-24-17(20-13)19-11(3)21/h4-6,8,18H,7H2,1-3H3,(H,19,20,21). The van der Waals surface area contributed by atoms with E-state index in [4.69, 9.17) is 4.74 Å². The molecule has 0 atom stereocenters. The van der Waals surface area contributed by atoms with E-state index in [0.717, 1.165) is 22.2 Å². The number of benzene rings is 1. The monoisotopic (exact) mass is 343 g/mol. The van der Waals surface area contributed by atoms with Crippen LogP contribution < -0.4 is 5.32 Å². The number of aromatic nitrogens is 2. The van der Waals surface area contributed by atoms with Gasteiger partial charge in [0.15, 0.2) is 5.13 Å². The molecule has 2 aromatic heterocycles. The second kappa shape index (κ2) is 6.45. The summed E-state index contributed by atoms with van der Waals surface area (Å²) in [5.74, 6) is -0.581. The van der Waals surface area contributed by atoms with Gasteiger partial charge in [-0.05, 0) is 37.6 Å². The molecule has 0 saturated carbocycles. The number of carbonyl (C=O) groups is 2. The van der Waals surface area contributed by atoms with E-state index in [1.165, 1.54) is 18.3 Å². The highest BCUT2D eigenvalue weighted by Crippen LogP contribution is 2.23. The zero-order valence-electron chi connectivity index (χ0n) is 13.6. The highest BCUT2D eigenvalue weighted by Gasteiger charge is 2.12. The largest absolute Gasteiger partial charge is 0.456 e. The van der Waals surface area contributed by atoms with E-state index in [0.29, 0.717) is 16.4 Å². The Morgan fingerprint density at radius 3 is 2.88 bits per heavy atom. The number of ether oxygens (including phenoxy) is 1. The van der Waals surface area contributed by atoms with Gasteiger partial charge in [0.2, 0.25) is 5.91 Å². The normalized spacial score (nSPS) is 10.8. The zero-order valence-corrected chi connectivity index (χ0v) is 14.4. The van der Waals surface area contributed by atoms with Crippen LogP contribution in [0.4, 0.5) is 5.13 Å². The summed E-state index contributed by atoms with van der Waals surface area (Å²) in [6, 6.07) is 5.45. The first-order valence-corrected chi connectivity index (χ1v) is 8.30. The lowest BCUT2D eigenvalue weighted by molar-refractivity contribution is -0.114. The van der Waals surface area contributed by atoms with Crippen LogP contribution in [-0.2, 0) is 16.1 Å². The third-order valence-electron chi connectivity index (χ3n) is 3.73. The topological polar surface area (TPSA) is 84.1 Å². The van der Waals surface area contributed by atoms with E-state index in [9.17, 15) is 9.59 Å². The van der Waals surface area contributed by atoms with Gasteiger partial charge < -0.3 is 15.0 Å². The molecule has 0 aliphatic heterocycles. The number of anilines is 1. The molecule has 0 spiro atoms. The third kappa shape index (κ3) is 3.30. The number of esters is 1. The number of aromatic amines is 1. The molecule has 0 aliphatic carbocycles. The number of rotatable bonds is 4. The van der Waals surface area contributed by atoms with Crippen molar-refractivity contribution < 1.29 is 14.3 Å². The van der Waals surface area contributed by atoms with Crippen LogP contribution in [-0.4, -0.2) is 21.8 Å². The Hall–Kier alpha value is -2.67. The Bertz CT molecular complexity index is 926. The smallest absolute Gasteiger partial charge is 0.338 e. The van der Waals surface area contributed by atoms with E-state index < -0.39 is 5.97 Å². The summed E-state index contributed by atoms with van der Waals surface area (Å²) in [6.07, 6.45) is 0. The minimum atomic E-state index is -0.399. The Balaban J connectivity index is 1.69. The predicted molar refractivity (Wildman–Crippen MR) is 93.3 cm³/mol. The van der Waals surface area contributed by atoms with E-state index in [-0.39, 0.29) is 12.5 Å². The molecule has 3 aromatic rings. The van der Waals surface area contributed by atoms with Gasteiger partial charge in [-0.3, -0.25) is 4.79 Å². The summed E-state index contributed by atoms with van der Waals surface area (Å²) in [6.45, 7) is 5.50. The number of hydrogen-bond acceptors (Lipinski definition) is 5. The molecular formula is C17H17N3O3S. The summed E-state index contributed by atoms with van der Waals surface area (Å²) in [4.78, 5) is 30.7. The number of fused-ring (bicyclic) bond motifs is 1. The molecule has 24 heavy (non-hydrogen) atoms. The minimum absolute atomic E-state index is 0.0676. The molecular weight excluding hydrogens is 326 g/mol. The van der Waals surface area contributed by atoms with Gasteiger partial charge in [0.25, 0.3) is 0 Å². The molecule has 1 aromatic carbocycles. The highest BCUT2D eigenvalue weighted by atomic mass is 32.1. The number of nitrogens with zero attached hydrogens (tertiary/aromatic N) is 1. The summed E-state index contributed by atoms with van der Waals surface area (Å²) in [7, 11) is 0. The maximum absolute atomic E-state index is 12.2. The quantitative estimate of drug-likeness (QED) is 0.710. The number of hydrogen-bond donors (Lipinski definition) is 2. The van der Waals surface area contributed by atoms with Gasteiger partial charge in [-0.25, -0.2) is 9.78 Å². The van der Waals surface area contributed by atoms with Crippen molar-refractivity contribution in [2.75, 3.05) is 5.32 Å². The van der Waals surface area contributed by atoms with E-state index in [2.05, 4.69) is 15.3 Å². The first kappa shape index (κ1) is 16.2. The minimum Gasteiger partial charge on any atom is -0.456 e. The Labute approximate surface area is 142 Å². The van der Waals surface area contributed by atoms with Gasteiger partial charge in [0.1, 0.15) is 6.61 Å². The predicted octanol–water partition coefficient (Wildman–Crippen LogP) is 3.56. The van der Waals surface area contributed by atoms with Crippen molar-refractivity contribution in [3.63, 3.8) is 0 Å². The number of amides is 1. The Kier molecular flexibility index (Phi) is 4.35. The first-order valence-electron chi connectivity index (χ1n) is 7.42. The van der Waals surface area contributed by atoms with Crippen LogP contribution in [0.2, 0.25) is 0 Å². The fourth-order valence-electron chi connectivity index (χ4n) is 2.39. The summed E-state index contributed by atoms with van der Waals surface area (Å²) < 4.78 is 5.31. The van der Waals surface area contributed by atoms with Gasteiger partial charge in [-0.1, -0.05) is 0 Å². The fourth-order valence-corrected chi connectivity index (χ4v) is 3.13. The van der Waals surface area contributed by atoms with Gasteiger partial charge in [0, 0.05) is 28.9 Å². The van der Waals surface area contributed by atoms with Gasteiger partial charge in [-0.15, -0.1) is 11.3 Å². The van der Waals surface area contributed by atoms with E-state index >= 15 is 0 Å². The zero-order chi connectivity index (χ0) is 17.3. The molecule has 2 N–H and O–H groups in total. The van der Waals surface area contributed by atoms with Crippen molar-refractivity contribution in [1.29, 1.82) is 0 Å². The molecule has 3 rings (SSSR count). The molecule has 0 unspecified atom stereocenters. The van der Waals surface area contributed by atoms with Crippen LogP contribution >= 0.6 is 11.3 Å². The molecule has 7 heteroatoms. The Morgan fingerprint density at radius 2 is 2.12 bits per heavy atom. The number of thiazole rings is 1. The molecule has 0 bridgehead atoms. The van der Waals surface area contributed by atoms with Crippen LogP contribution in [0.15, 0.2) is 23.6 Å². The van der Waals surface area contributed by atoms with E-state index in [1.54, 1.807) is 11.4 Å². The van der Waals surface area contributed by atoms with Crippen molar-refractivity contribution >= 4 is 39.2 Å². The molecule has 0 fully saturated rings. The van der Waals surface area contributed by atoms with Gasteiger partial charge in [0.05, 0.1) is 11.3 Å². The summed E-state index contributed by atoms with van der Waals surface area (Å²) in [5.41, 5.74) is 4.32. The molecule has 124 valence electrons. The SMILES string of the molecule is CC(=O)Nc1nc(COC(=O)c2ccc3[nH]c(C)c(C)c3c2)cs1. The van der Waals surface area contributed by atoms with Crippen molar-refractivity contribution in [2.45, 2.75) is 27.4 Å². The molecule has 2 heterocycles. The molecule has 0 radical (unpaired) electrons. The number of carbonyl (C=O) groups excluding carboxylic acids is 2. The first-order chi connectivity index (χ1) is 11.4. The van der Waals surface area contributed by atoms with Crippen molar-refractivity contribution in [1.82, 2.24) is 9.97 Å². The van der Waals surface area contributed by atoms with Crippen LogP contribution in [0.3, 0.4) is 0 Å². The summed E-state index contributed by atoms with van der Waals surface area (Å²) >= 11 is 1.29. The maximum atomic E-state index is 12.2. The van der Waals surface area contributed by atoms with E-state index in [1.807, 2.05) is 26.0 Å². The maximum Gasteiger partial charge on any atom is 0.338 e. The van der Waals surface area contributed by atoms with Crippen LogP contribution in [0, 0.1) is 13.8 Å². The van der Waals surface area contributed by atoms with Crippen molar-refractivity contribution in [3.8, 4) is 0 Å². The molecule has 0 saturated heterocycles. The number of nitrogens with one attached hydrogen (secondary N) is 2. The lowest BCUT2D eigenvalue weighted by Crippen LogP contribution is -2.07. The van der Waals surface area contributed by atoms with Gasteiger partial charge >= 0.3 is 5.97 Å². The lowest BCUT2D eigenvalue weighted by atomic mass is 10.1. The Morgan fingerprint density at radius 1 is 1.33 bits per heavy atom. The van der Waals surface area contributed by atoms with Crippen molar-refractivity contribution in [3.05, 3.63) is 46.1 Å². The average molecular weight is 343 g/mol. The van der Waals surface area contributed by atoms with Crippen LogP contribution in [0.5, 0.6) is 0 Å². The number of H-pyrrole nitrogens is 1.